The van der Waals surface area contributed by atoms with E-state index in [0.29, 0.717) is 30.3 Å². The second-order valence-corrected chi connectivity index (χ2v) is 8.71. The summed E-state index contributed by atoms with van der Waals surface area (Å²) in [6, 6.07) is 19.3. The average molecular weight is 582 g/mol. The Morgan fingerprint density at radius 3 is 2.51 bits per heavy atom. The molecule has 0 aromatic heterocycles. The molecule has 0 saturated heterocycles. The third kappa shape index (κ3) is 7.07. The lowest BCUT2D eigenvalue weighted by molar-refractivity contribution is -0.112. The van der Waals surface area contributed by atoms with Crippen LogP contribution in [0.4, 0.5) is 5.69 Å². The Labute approximate surface area is 217 Å². The van der Waals surface area contributed by atoms with Gasteiger partial charge in [0.2, 0.25) is 0 Å². The fraction of sp³-hybridized carbons (Fsp3) is 0.148. The number of amides is 1. The van der Waals surface area contributed by atoms with Crippen LogP contribution in [0.2, 0.25) is 0 Å². The van der Waals surface area contributed by atoms with E-state index < -0.39 is 11.9 Å². The molecule has 0 saturated carbocycles. The molecule has 8 heteroatoms. The molecule has 0 aliphatic heterocycles. The molecule has 1 amide bonds. The van der Waals surface area contributed by atoms with Gasteiger partial charge in [0.25, 0.3) is 5.91 Å². The van der Waals surface area contributed by atoms with Crippen molar-refractivity contribution in [2.75, 3.05) is 11.9 Å². The molecule has 3 rings (SSSR count). The number of carboxylic acids is 1. The van der Waals surface area contributed by atoms with Crippen molar-refractivity contribution in [1.82, 2.24) is 0 Å². The summed E-state index contributed by atoms with van der Waals surface area (Å²) in [5, 5.41) is 21.3. The number of aromatic carboxylic acids is 1. The van der Waals surface area contributed by atoms with Crippen molar-refractivity contribution >= 4 is 46.2 Å². The van der Waals surface area contributed by atoms with Crippen molar-refractivity contribution < 1.29 is 24.2 Å². The van der Waals surface area contributed by atoms with Gasteiger partial charge in [-0.15, -0.1) is 0 Å². The van der Waals surface area contributed by atoms with Gasteiger partial charge in [-0.1, -0.05) is 35.9 Å². The van der Waals surface area contributed by atoms with E-state index in [2.05, 4.69) is 27.9 Å². The highest BCUT2D eigenvalue weighted by Crippen LogP contribution is 2.35. The molecular formula is C27H23IN2O5. The molecule has 0 aliphatic carbocycles. The number of nitrogens with zero attached hydrogens (tertiary/aromatic N) is 1. The van der Waals surface area contributed by atoms with Crippen LogP contribution in [-0.4, -0.2) is 23.6 Å². The van der Waals surface area contributed by atoms with Crippen LogP contribution < -0.4 is 14.8 Å². The third-order valence-electron chi connectivity index (χ3n) is 4.88. The van der Waals surface area contributed by atoms with Gasteiger partial charge in [0.05, 0.1) is 15.7 Å². The number of hydrogen-bond acceptors (Lipinski definition) is 5. The number of ether oxygens (including phenoxy) is 2. The maximum atomic E-state index is 12.7. The number of anilines is 1. The molecule has 0 aliphatic rings. The molecule has 0 unspecified atom stereocenters. The number of carbonyl (C=O) groups is 2. The number of benzene rings is 3. The Balaban J connectivity index is 1.84. The molecule has 7 nitrogen and oxygen atoms in total. The molecule has 0 bridgehead atoms. The molecule has 178 valence electrons. The van der Waals surface area contributed by atoms with E-state index in [4.69, 9.17) is 14.6 Å². The molecule has 3 aromatic rings. The lowest BCUT2D eigenvalue weighted by Crippen LogP contribution is -2.14. The van der Waals surface area contributed by atoms with Crippen LogP contribution >= 0.6 is 22.6 Å². The number of aryl methyl sites for hydroxylation is 1. The van der Waals surface area contributed by atoms with E-state index in [1.807, 2.05) is 44.2 Å². The Morgan fingerprint density at radius 2 is 1.86 bits per heavy atom. The maximum absolute atomic E-state index is 12.7. The van der Waals surface area contributed by atoms with Crippen LogP contribution in [-0.2, 0) is 11.4 Å². The summed E-state index contributed by atoms with van der Waals surface area (Å²) in [5.41, 5.74) is 2.95. The normalized spacial score (nSPS) is 10.9. The second kappa shape index (κ2) is 12.0. The highest BCUT2D eigenvalue weighted by Gasteiger charge is 2.15. The smallest absolute Gasteiger partial charge is 0.335 e. The first-order valence-electron chi connectivity index (χ1n) is 10.7. The minimum absolute atomic E-state index is 0.0300. The molecule has 3 aromatic carbocycles. The van der Waals surface area contributed by atoms with Gasteiger partial charge in [0.1, 0.15) is 18.2 Å². The topological polar surface area (TPSA) is 109 Å². The van der Waals surface area contributed by atoms with Crippen molar-refractivity contribution in [3.8, 4) is 17.6 Å². The summed E-state index contributed by atoms with van der Waals surface area (Å²) in [6.07, 6.45) is 1.45. The zero-order chi connectivity index (χ0) is 25.4. The molecule has 0 radical (unpaired) electrons. The van der Waals surface area contributed by atoms with Crippen molar-refractivity contribution in [1.29, 1.82) is 5.26 Å². The number of carbonyl (C=O) groups excluding carboxylic acids is 1. The van der Waals surface area contributed by atoms with E-state index in [-0.39, 0.29) is 16.8 Å². The van der Waals surface area contributed by atoms with Crippen molar-refractivity contribution in [3.05, 3.63) is 92.1 Å². The zero-order valence-corrected chi connectivity index (χ0v) is 21.3. The number of nitrogens with one attached hydrogen (secondary N) is 1. The van der Waals surface area contributed by atoms with Gasteiger partial charge < -0.3 is 19.9 Å². The van der Waals surface area contributed by atoms with E-state index in [1.54, 1.807) is 18.2 Å². The van der Waals surface area contributed by atoms with E-state index in [1.165, 1.54) is 29.8 Å². The minimum atomic E-state index is -1.11. The standard InChI is InChI=1S/C27H23IN2O5/c1-3-34-24-13-19(12-23(28)25(24)35-16-18-9-7-17(2)8-10-18)11-21(15-29)26(31)30-22-6-4-5-20(14-22)27(32)33/h4-14H,3,16H2,1-2H3,(H,30,31)(H,32,33)/b21-11-. The fourth-order valence-corrected chi connectivity index (χ4v) is 3.94. The van der Waals surface area contributed by atoms with Gasteiger partial charge >= 0.3 is 5.97 Å². The summed E-state index contributed by atoms with van der Waals surface area (Å²) in [6.45, 7) is 4.66. The largest absolute Gasteiger partial charge is 0.490 e. The first-order chi connectivity index (χ1) is 16.8. The van der Waals surface area contributed by atoms with Gasteiger partial charge in [-0.3, -0.25) is 4.79 Å². The summed E-state index contributed by atoms with van der Waals surface area (Å²) < 4.78 is 12.6. The molecule has 0 heterocycles. The van der Waals surface area contributed by atoms with Gasteiger partial charge in [0, 0.05) is 5.69 Å². The minimum Gasteiger partial charge on any atom is -0.490 e. The summed E-state index contributed by atoms with van der Waals surface area (Å²) in [5.74, 6) is -0.675. The van der Waals surface area contributed by atoms with Crippen LogP contribution in [0.3, 0.4) is 0 Å². The number of halogens is 1. The van der Waals surface area contributed by atoms with Gasteiger partial charge in [-0.05, 0) is 84.0 Å². The van der Waals surface area contributed by atoms with Crippen LogP contribution in [0.5, 0.6) is 11.5 Å². The number of rotatable bonds is 9. The molecule has 2 N–H and O–H groups in total. The SMILES string of the molecule is CCOc1cc(/C=C(/C#N)C(=O)Nc2cccc(C(=O)O)c2)cc(I)c1OCc1ccc(C)cc1. The third-order valence-corrected chi connectivity index (χ3v) is 5.68. The molecule has 0 fully saturated rings. The summed E-state index contributed by atoms with van der Waals surface area (Å²) >= 11 is 2.13. The summed E-state index contributed by atoms with van der Waals surface area (Å²) in [4.78, 5) is 23.8. The molecule has 0 atom stereocenters. The predicted molar refractivity (Wildman–Crippen MR) is 141 cm³/mol. The van der Waals surface area contributed by atoms with E-state index in [0.717, 1.165) is 9.13 Å². The van der Waals surface area contributed by atoms with Gasteiger partial charge in [-0.25, -0.2) is 4.79 Å². The predicted octanol–water partition coefficient (Wildman–Crippen LogP) is 5.82. The van der Waals surface area contributed by atoms with Crippen molar-refractivity contribution in [2.24, 2.45) is 0 Å². The maximum Gasteiger partial charge on any atom is 0.335 e. The second-order valence-electron chi connectivity index (χ2n) is 7.55. The first kappa shape index (κ1) is 25.8. The Hall–Kier alpha value is -3.84. The van der Waals surface area contributed by atoms with Crippen molar-refractivity contribution in [2.45, 2.75) is 20.5 Å². The first-order valence-corrected chi connectivity index (χ1v) is 11.8. The fourth-order valence-electron chi connectivity index (χ4n) is 3.16. The van der Waals surface area contributed by atoms with Crippen molar-refractivity contribution in [3.63, 3.8) is 0 Å². The molecule has 0 spiro atoms. The summed E-state index contributed by atoms with van der Waals surface area (Å²) in [7, 11) is 0. The monoisotopic (exact) mass is 582 g/mol. The van der Waals surface area contributed by atoms with Gasteiger partial charge in [-0.2, -0.15) is 5.26 Å². The lowest BCUT2D eigenvalue weighted by atomic mass is 10.1. The molecular weight excluding hydrogens is 559 g/mol. The van der Waals surface area contributed by atoms with Crippen LogP contribution in [0.1, 0.15) is 34.0 Å². The average Bonchev–Trinajstić information content (AvgIpc) is 2.83. The quantitative estimate of drug-likeness (QED) is 0.187. The highest BCUT2D eigenvalue weighted by molar-refractivity contribution is 14.1. The Morgan fingerprint density at radius 1 is 1.11 bits per heavy atom. The van der Waals surface area contributed by atoms with Crippen LogP contribution in [0, 0.1) is 21.8 Å². The number of nitriles is 1. The molecule has 35 heavy (non-hydrogen) atoms. The zero-order valence-electron chi connectivity index (χ0n) is 19.2. The van der Waals surface area contributed by atoms with E-state index >= 15 is 0 Å². The lowest BCUT2D eigenvalue weighted by Gasteiger charge is -2.15. The Kier molecular flexibility index (Phi) is 8.86. The van der Waals surface area contributed by atoms with Crippen LogP contribution in [0.15, 0.2) is 66.2 Å². The highest BCUT2D eigenvalue weighted by atomic mass is 127. The van der Waals surface area contributed by atoms with Crippen LogP contribution in [0.25, 0.3) is 6.08 Å². The number of carboxylic acid groups (broad SMARTS) is 1. The number of hydrogen-bond donors (Lipinski definition) is 2. The van der Waals surface area contributed by atoms with Gasteiger partial charge in [0.15, 0.2) is 11.5 Å². The van der Waals surface area contributed by atoms with E-state index in [9.17, 15) is 14.9 Å². The Bertz CT molecular complexity index is 1310.